The Labute approximate surface area is 108 Å². The molecular weight excluding hydrogens is 300 g/mol. The molecule has 1 atom stereocenters. The van der Waals surface area contributed by atoms with Gasteiger partial charge in [-0.3, -0.25) is 4.79 Å². The van der Waals surface area contributed by atoms with Crippen LogP contribution in [0.5, 0.6) is 0 Å². The average Bonchev–Trinajstić information content (AvgIpc) is 2.61. The summed E-state index contributed by atoms with van der Waals surface area (Å²) in [6.45, 7) is 2.41. The van der Waals surface area contributed by atoms with E-state index in [0.717, 1.165) is 9.35 Å². The van der Waals surface area contributed by atoms with Gasteiger partial charge < -0.3 is 10.6 Å². The number of hydrogen-bond donors (Lipinski definition) is 1. The lowest BCUT2D eigenvalue weighted by molar-refractivity contribution is 0.0752. The highest BCUT2D eigenvalue weighted by molar-refractivity contribution is 9.10. The number of nitrogens with two attached hydrogens (primary N) is 1. The van der Waals surface area contributed by atoms with Crippen molar-refractivity contribution in [2.24, 2.45) is 5.73 Å². The van der Waals surface area contributed by atoms with Gasteiger partial charge in [0.05, 0.1) is 0 Å². The minimum atomic E-state index is 0. The van der Waals surface area contributed by atoms with E-state index >= 15 is 0 Å². The third kappa shape index (κ3) is 3.45. The molecule has 3 nitrogen and oxygen atoms in total. The Bertz CT molecular complexity index is 332. The zero-order valence-corrected chi connectivity index (χ0v) is 11.8. The van der Waals surface area contributed by atoms with Crippen LogP contribution in [-0.4, -0.2) is 30.4 Å². The van der Waals surface area contributed by atoms with Gasteiger partial charge in [0.25, 0.3) is 5.91 Å². The number of amides is 1. The molecule has 1 heterocycles. The van der Waals surface area contributed by atoms with Crippen molar-refractivity contribution in [1.29, 1.82) is 0 Å². The molecule has 1 rings (SSSR count). The van der Waals surface area contributed by atoms with Crippen LogP contribution < -0.4 is 5.73 Å². The number of rotatable bonds is 3. The van der Waals surface area contributed by atoms with E-state index in [1.165, 1.54) is 11.3 Å². The fourth-order valence-corrected chi connectivity index (χ4v) is 2.49. The van der Waals surface area contributed by atoms with E-state index in [-0.39, 0.29) is 24.4 Å². The standard InChI is InChI=1S/C9H13BrN2OS.ClH/c1-6(5-11)12(2)9(13)8-7(10)3-4-14-8;/h3-4,6H,5,11H2,1-2H3;1H. The zero-order valence-electron chi connectivity index (χ0n) is 8.57. The summed E-state index contributed by atoms with van der Waals surface area (Å²) in [7, 11) is 1.77. The van der Waals surface area contributed by atoms with Crippen LogP contribution in [0.25, 0.3) is 0 Å². The second-order valence-corrected chi connectivity index (χ2v) is 4.87. The first kappa shape index (κ1) is 14.9. The topological polar surface area (TPSA) is 46.3 Å². The highest BCUT2D eigenvalue weighted by Crippen LogP contribution is 2.24. The second kappa shape index (κ2) is 6.48. The van der Waals surface area contributed by atoms with Gasteiger partial charge in [-0.15, -0.1) is 23.7 Å². The van der Waals surface area contributed by atoms with E-state index in [2.05, 4.69) is 15.9 Å². The molecule has 0 bridgehead atoms. The maximum absolute atomic E-state index is 11.9. The molecule has 1 unspecified atom stereocenters. The first-order chi connectivity index (χ1) is 6.57. The number of nitrogens with zero attached hydrogens (tertiary/aromatic N) is 1. The minimum absolute atomic E-state index is 0. The predicted molar refractivity (Wildman–Crippen MR) is 69.9 cm³/mol. The summed E-state index contributed by atoms with van der Waals surface area (Å²) in [5.74, 6) is 0.0184. The van der Waals surface area contributed by atoms with Crippen LogP contribution >= 0.6 is 39.7 Å². The molecule has 0 spiro atoms. The van der Waals surface area contributed by atoms with Gasteiger partial charge in [0.2, 0.25) is 0 Å². The molecule has 0 aliphatic carbocycles. The highest BCUT2D eigenvalue weighted by atomic mass is 79.9. The van der Waals surface area contributed by atoms with Gasteiger partial charge >= 0.3 is 0 Å². The van der Waals surface area contributed by atoms with Crippen molar-refractivity contribution in [2.45, 2.75) is 13.0 Å². The lowest BCUT2D eigenvalue weighted by atomic mass is 10.3. The van der Waals surface area contributed by atoms with Crippen molar-refractivity contribution < 1.29 is 4.79 Å². The number of carbonyl (C=O) groups is 1. The highest BCUT2D eigenvalue weighted by Gasteiger charge is 2.19. The molecule has 0 radical (unpaired) electrons. The van der Waals surface area contributed by atoms with Crippen LogP contribution in [0.2, 0.25) is 0 Å². The molecule has 0 aliphatic heterocycles. The van der Waals surface area contributed by atoms with Gasteiger partial charge in [-0.25, -0.2) is 0 Å². The molecule has 6 heteroatoms. The Kier molecular flexibility index (Phi) is 6.43. The van der Waals surface area contributed by atoms with Crippen molar-refractivity contribution in [2.75, 3.05) is 13.6 Å². The predicted octanol–water partition coefficient (Wildman–Crippen LogP) is 2.35. The third-order valence-corrected chi connectivity index (χ3v) is 3.96. The zero-order chi connectivity index (χ0) is 10.7. The summed E-state index contributed by atoms with van der Waals surface area (Å²) in [6, 6.07) is 1.94. The van der Waals surface area contributed by atoms with Gasteiger partial charge in [-0.05, 0) is 34.3 Å². The summed E-state index contributed by atoms with van der Waals surface area (Å²) < 4.78 is 0.851. The summed E-state index contributed by atoms with van der Waals surface area (Å²) in [6.07, 6.45) is 0. The SMILES string of the molecule is CC(CN)N(C)C(=O)c1sccc1Br.Cl. The van der Waals surface area contributed by atoms with Gasteiger partial charge in [0.1, 0.15) is 4.88 Å². The number of halogens is 2. The van der Waals surface area contributed by atoms with E-state index in [1.807, 2.05) is 18.4 Å². The van der Waals surface area contributed by atoms with Gasteiger partial charge in [-0.2, -0.15) is 0 Å². The summed E-state index contributed by atoms with van der Waals surface area (Å²) in [5.41, 5.74) is 5.50. The molecule has 86 valence electrons. The monoisotopic (exact) mass is 312 g/mol. The first-order valence-corrected chi connectivity index (χ1v) is 5.95. The van der Waals surface area contributed by atoms with Crippen molar-refractivity contribution in [3.63, 3.8) is 0 Å². The lowest BCUT2D eigenvalue weighted by Gasteiger charge is -2.23. The fraction of sp³-hybridized carbons (Fsp3) is 0.444. The molecule has 1 aromatic heterocycles. The van der Waals surface area contributed by atoms with Crippen LogP contribution in [0.1, 0.15) is 16.6 Å². The average molecular weight is 314 g/mol. The van der Waals surface area contributed by atoms with E-state index in [0.29, 0.717) is 6.54 Å². The second-order valence-electron chi connectivity index (χ2n) is 3.10. The molecule has 0 saturated heterocycles. The van der Waals surface area contributed by atoms with E-state index in [4.69, 9.17) is 5.73 Å². The summed E-state index contributed by atoms with van der Waals surface area (Å²) >= 11 is 4.77. The van der Waals surface area contributed by atoms with Crippen LogP contribution in [0, 0.1) is 0 Å². The van der Waals surface area contributed by atoms with Crippen LogP contribution in [0.15, 0.2) is 15.9 Å². The molecule has 1 aromatic rings. The molecular formula is C9H14BrClN2OS. The number of thiophene rings is 1. The van der Waals surface area contributed by atoms with Gasteiger partial charge in [0, 0.05) is 24.1 Å². The maximum Gasteiger partial charge on any atom is 0.265 e. The van der Waals surface area contributed by atoms with Crippen molar-refractivity contribution in [3.8, 4) is 0 Å². The fourth-order valence-electron chi connectivity index (χ4n) is 0.965. The molecule has 2 N–H and O–H groups in total. The van der Waals surface area contributed by atoms with Crippen LogP contribution in [0.4, 0.5) is 0 Å². The Morgan fingerprint density at radius 2 is 2.33 bits per heavy atom. The summed E-state index contributed by atoms with van der Waals surface area (Å²) in [5, 5.41) is 1.89. The van der Waals surface area contributed by atoms with Gasteiger partial charge in [-0.1, -0.05) is 0 Å². The largest absolute Gasteiger partial charge is 0.337 e. The van der Waals surface area contributed by atoms with E-state index < -0.39 is 0 Å². The molecule has 0 aliphatic rings. The smallest absolute Gasteiger partial charge is 0.265 e. The van der Waals surface area contributed by atoms with Crippen LogP contribution in [-0.2, 0) is 0 Å². The minimum Gasteiger partial charge on any atom is -0.337 e. The third-order valence-electron chi connectivity index (χ3n) is 2.13. The van der Waals surface area contributed by atoms with Crippen molar-refractivity contribution in [3.05, 3.63) is 20.8 Å². The summed E-state index contributed by atoms with van der Waals surface area (Å²) in [4.78, 5) is 14.3. The first-order valence-electron chi connectivity index (χ1n) is 4.28. The van der Waals surface area contributed by atoms with Gasteiger partial charge in [0.15, 0.2) is 0 Å². The van der Waals surface area contributed by atoms with E-state index in [1.54, 1.807) is 11.9 Å². The molecule has 0 fully saturated rings. The normalized spacial score (nSPS) is 11.7. The Morgan fingerprint density at radius 1 is 1.73 bits per heavy atom. The maximum atomic E-state index is 11.9. The Balaban J connectivity index is 0.00000196. The van der Waals surface area contributed by atoms with E-state index in [9.17, 15) is 4.79 Å². The quantitative estimate of drug-likeness (QED) is 0.931. The molecule has 0 aromatic carbocycles. The number of likely N-dealkylation sites (N-methyl/N-ethyl adjacent to an activating group) is 1. The molecule has 1 amide bonds. The molecule has 15 heavy (non-hydrogen) atoms. The number of hydrogen-bond acceptors (Lipinski definition) is 3. The van der Waals surface area contributed by atoms with Crippen molar-refractivity contribution in [1.82, 2.24) is 4.90 Å². The van der Waals surface area contributed by atoms with Crippen LogP contribution in [0.3, 0.4) is 0 Å². The van der Waals surface area contributed by atoms with Crippen molar-refractivity contribution >= 4 is 45.6 Å². The number of carbonyl (C=O) groups excluding carboxylic acids is 1. The molecule has 0 saturated carbocycles. The Hall–Kier alpha value is -0.100. The Morgan fingerprint density at radius 3 is 2.73 bits per heavy atom. The lowest BCUT2D eigenvalue weighted by Crippen LogP contribution is -2.39.